The summed E-state index contributed by atoms with van der Waals surface area (Å²) in [5.74, 6) is -1.37. The van der Waals surface area contributed by atoms with Gasteiger partial charge in [-0.05, 0) is 31.5 Å². The molecule has 162 valence electrons. The van der Waals surface area contributed by atoms with Gasteiger partial charge in [0.05, 0.1) is 0 Å². The van der Waals surface area contributed by atoms with Gasteiger partial charge in [-0.1, -0.05) is 6.07 Å². The van der Waals surface area contributed by atoms with Gasteiger partial charge in [0.25, 0.3) is 0 Å². The molecular formula is C18H17F6N5O. The molecule has 2 heterocycles. The van der Waals surface area contributed by atoms with Gasteiger partial charge in [0.1, 0.15) is 17.4 Å². The number of benzene rings is 1. The Kier molecular flexibility index (Phi) is 5.77. The van der Waals surface area contributed by atoms with E-state index in [1.54, 1.807) is 34.5 Å². The summed E-state index contributed by atoms with van der Waals surface area (Å²) in [6.45, 7) is 1.23. The van der Waals surface area contributed by atoms with Gasteiger partial charge >= 0.3 is 12.4 Å². The van der Waals surface area contributed by atoms with Gasteiger partial charge in [0, 0.05) is 30.5 Å². The number of anilines is 4. The number of nitrogens with zero attached hydrogens (tertiary/aromatic N) is 3. The van der Waals surface area contributed by atoms with Crippen LogP contribution in [-0.4, -0.2) is 34.6 Å². The maximum absolute atomic E-state index is 13.2. The highest BCUT2D eigenvalue weighted by atomic mass is 19.4. The molecule has 1 aromatic carbocycles. The largest absolute Gasteiger partial charge is 0.421 e. The van der Waals surface area contributed by atoms with Crippen LogP contribution in [0.25, 0.3) is 0 Å². The molecule has 12 heteroatoms. The maximum Gasteiger partial charge on any atom is 0.421 e. The van der Waals surface area contributed by atoms with Crippen molar-refractivity contribution in [3.05, 3.63) is 36.0 Å². The first-order valence-corrected chi connectivity index (χ1v) is 8.90. The van der Waals surface area contributed by atoms with Crippen LogP contribution in [0.3, 0.4) is 0 Å². The van der Waals surface area contributed by atoms with Gasteiger partial charge < -0.3 is 15.5 Å². The van der Waals surface area contributed by atoms with Crippen molar-refractivity contribution in [1.29, 1.82) is 0 Å². The molecule has 3 rings (SSSR count). The van der Waals surface area contributed by atoms with Gasteiger partial charge in [-0.15, -0.1) is 0 Å². The SMILES string of the molecule is CC(Nc1nc(Nc2cccc(N3CCCC3=O)c2)ncc1C(F)(F)F)C(F)(F)F. The molecule has 0 bridgehead atoms. The fraction of sp³-hybridized carbons (Fsp3) is 0.389. The van der Waals surface area contributed by atoms with Crippen molar-refractivity contribution in [1.82, 2.24) is 9.97 Å². The highest BCUT2D eigenvalue weighted by Crippen LogP contribution is 2.35. The number of alkyl halides is 6. The number of aromatic nitrogens is 2. The third-order valence-corrected chi connectivity index (χ3v) is 4.43. The summed E-state index contributed by atoms with van der Waals surface area (Å²) in [7, 11) is 0. The third-order valence-electron chi connectivity index (χ3n) is 4.43. The smallest absolute Gasteiger partial charge is 0.358 e. The number of hydrogen-bond donors (Lipinski definition) is 2. The molecule has 1 fully saturated rings. The van der Waals surface area contributed by atoms with Crippen LogP contribution in [0.2, 0.25) is 0 Å². The lowest BCUT2D eigenvalue weighted by Crippen LogP contribution is -2.34. The van der Waals surface area contributed by atoms with Crippen LogP contribution in [0, 0.1) is 0 Å². The van der Waals surface area contributed by atoms with Crippen molar-refractivity contribution in [2.75, 3.05) is 22.1 Å². The summed E-state index contributed by atoms with van der Waals surface area (Å²) in [6.07, 6.45) is -8.16. The molecule has 1 aromatic heterocycles. The molecule has 1 atom stereocenters. The van der Waals surface area contributed by atoms with Crippen molar-refractivity contribution in [2.24, 2.45) is 0 Å². The van der Waals surface area contributed by atoms with E-state index in [1.165, 1.54) is 0 Å². The molecule has 1 aliphatic heterocycles. The molecule has 2 aromatic rings. The first kappa shape index (κ1) is 21.7. The van der Waals surface area contributed by atoms with Crippen molar-refractivity contribution in [3.8, 4) is 0 Å². The molecule has 1 aliphatic rings. The predicted molar refractivity (Wildman–Crippen MR) is 97.5 cm³/mol. The maximum atomic E-state index is 13.2. The fourth-order valence-corrected chi connectivity index (χ4v) is 2.85. The Morgan fingerprint density at radius 3 is 2.50 bits per heavy atom. The Hall–Kier alpha value is -3.05. The Morgan fingerprint density at radius 2 is 1.90 bits per heavy atom. The summed E-state index contributed by atoms with van der Waals surface area (Å²) in [5.41, 5.74) is -0.471. The Morgan fingerprint density at radius 1 is 1.17 bits per heavy atom. The quantitative estimate of drug-likeness (QED) is 0.668. The first-order chi connectivity index (χ1) is 13.9. The molecular weight excluding hydrogens is 416 g/mol. The molecule has 30 heavy (non-hydrogen) atoms. The van der Waals surface area contributed by atoms with E-state index in [4.69, 9.17) is 0 Å². The second-order valence-corrected chi connectivity index (χ2v) is 6.69. The second kappa shape index (κ2) is 8.00. The minimum atomic E-state index is -4.94. The van der Waals surface area contributed by atoms with Crippen LogP contribution in [-0.2, 0) is 11.0 Å². The average molecular weight is 433 g/mol. The van der Waals surface area contributed by atoms with Crippen molar-refractivity contribution >= 4 is 29.0 Å². The molecule has 2 N–H and O–H groups in total. The number of amides is 1. The van der Waals surface area contributed by atoms with Gasteiger partial charge in [-0.25, -0.2) is 4.98 Å². The van der Waals surface area contributed by atoms with E-state index in [2.05, 4.69) is 15.3 Å². The topological polar surface area (TPSA) is 70.2 Å². The van der Waals surface area contributed by atoms with Gasteiger partial charge in [-0.3, -0.25) is 4.79 Å². The molecule has 1 saturated heterocycles. The van der Waals surface area contributed by atoms with E-state index >= 15 is 0 Å². The number of rotatable bonds is 5. The lowest BCUT2D eigenvalue weighted by molar-refractivity contribution is -0.142. The van der Waals surface area contributed by atoms with Crippen LogP contribution in [0.5, 0.6) is 0 Å². The third kappa shape index (κ3) is 4.92. The zero-order valence-corrected chi connectivity index (χ0v) is 15.6. The Bertz CT molecular complexity index is 930. The van der Waals surface area contributed by atoms with Crippen molar-refractivity contribution in [2.45, 2.75) is 38.2 Å². The number of carbonyl (C=O) groups is 1. The van der Waals surface area contributed by atoms with E-state index < -0.39 is 29.8 Å². The van der Waals surface area contributed by atoms with Gasteiger partial charge in [-0.2, -0.15) is 31.3 Å². The van der Waals surface area contributed by atoms with Crippen LogP contribution in [0.1, 0.15) is 25.3 Å². The fourth-order valence-electron chi connectivity index (χ4n) is 2.85. The molecule has 0 radical (unpaired) electrons. The molecule has 0 spiro atoms. The van der Waals surface area contributed by atoms with E-state index in [-0.39, 0.29) is 11.9 Å². The van der Waals surface area contributed by atoms with Crippen molar-refractivity contribution in [3.63, 3.8) is 0 Å². The molecule has 1 amide bonds. The average Bonchev–Trinajstić information content (AvgIpc) is 3.06. The Balaban J connectivity index is 1.88. The minimum Gasteiger partial charge on any atom is -0.358 e. The number of carbonyl (C=O) groups excluding carboxylic acids is 1. The predicted octanol–water partition coefficient (Wildman–Crippen LogP) is 4.73. The van der Waals surface area contributed by atoms with E-state index in [0.29, 0.717) is 43.9 Å². The summed E-state index contributed by atoms with van der Waals surface area (Å²) < 4.78 is 77.9. The normalized spacial score (nSPS) is 16.0. The van der Waals surface area contributed by atoms with Gasteiger partial charge in [0.15, 0.2) is 0 Å². The van der Waals surface area contributed by atoms with E-state index in [0.717, 1.165) is 0 Å². The van der Waals surface area contributed by atoms with Crippen LogP contribution in [0.4, 0.5) is 49.5 Å². The number of hydrogen-bond acceptors (Lipinski definition) is 5. The minimum absolute atomic E-state index is 0.0504. The van der Waals surface area contributed by atoms with Gasteiger partial charge in [0.2, 0.25) is 11.9 Å². The summed E-state index contributed by atoms with van der Waals surface area (Å²) in [6, 6.07) is 4.20. The summed E-state index contributed by atoms with van der Waals surface area (Å²) >= 11 is 0. The summed E-state index contributed by atoms with van der Waals surface area (Å²) in [4.78, 5) is 20.6. The number of nitrogens with one attached hydrogen (secondary N) is 2. The highest BCUT2D eigenvalue weighted by Gasteiger charge is 2.40. The molecule has 1 unspecified atom stereocenters. The monoisotopic (exact) mass is 433 g/mol. The molecule has 6 nitrogen and oxygen atoms in total. The zero-order chi connectivity index (χ0) is 22.1. The van der Waals surface area contributed by atoms with Crippen LogP contribution in [0.15, 0.2) is 30.5 Å². The lowest BCUT2D eigenvalue weighted by Gasteiger charge is -2.21. The zero-order valence-electron chi connectivity index (χ0n) is 15.6. The Labute approximate surface area is 167 Å². The molecule has 0 aliphatic carbocycles. The van der Waals surface area contributed by atoms with Crippen LogP contribution >= 0.6 is 0 Å². The number of halogens is 6. The first-order valence-electron chi connectivity index (χ1n) is 8.90. The standard InChI is InChI=1S/C18H17F6N5O/c1-10(17(19,20)21)26-15-13(18(22,23)24)9-25-16(28-15)27-11-4-2-5-12(8-11)29-7-3-6-14(29)30/h2,4-5,8-10H,3,6-7H2,1H3,(H2,25,26,27,28). The lowest BCUT2D eigenvalue weighted by atomic mass is 10.2. The summed E-state index contributed by atoms with van der Waals surface area (Å²) in [5, 5.41) is 4.42. The second-order valence-electron chi connectivity index (χ2n) is 6.69. The highest BCUT2D eigenvalue weighted by molar-refractivity contribution is 5.95. The van der Waals surface area contributed by atoms with E-state index in [9.17, 15) is 31.1 Å². The molecule has 0 saturated carbocycles. The van der Waals surface area contributed by atoms with E-state index in [1.807, 2.05) is 0 Å². The van der Waals surface area contributed by atoms with Crippen LogP contribution < -0.4 is 15.5 Å². The van der Waals surface area contributed by atoms with Crippen molar-refractivity contribution < 1.29 is 31.1 Å².